The SMILES string of the molecule is C[C@H](NC(=O)Nc1ccc2scnc2c1)C(=O)N(C)C. The lowest BCUT2D eigenvalue weighted by Gasteiger charge is -2.18. The number of anilines is 1. The monoisotopic (exact) mass is 292 g/mol. The molecule has 106 valence electrons. The van der Waals surface area contributed by atoms with Crippen LogP contribution in [0.2, 0.25) is 0 Å². The molecule has 0 aliphatic carbocycles. The third-order valence-electron chi connectivity index (χ3n) is 2.75. The lowest BCUT2D eigenvalue weighted by atomic mass is 10.3. The van der Waals surface area contributed by atoms with Gasteiger partial charge in [0.15, 0.2) is 0 Å². The number of carbonyl (C=O) groups excluding carboxylic acids is 2. The first-order valence-corrected chi connectivity index (χ1v) is 6.97. The van der Waals surface area contributed by atoms with Crippen molar-refractivity contribution < 1.29 is 9.59 Å². The largest absolute Gasteiger partial charge is 0.347 e. The number of urea groups is 1. The Morgan fingerprint density at radius 1 is 1.35 bits per heavy atom. The number of benzene rings is 1. The molecule has 2 N–H and O–H groups in total. The summed E-state index contributed by atoms with van der Waals surface area (Å²) < 4.78 is 1.06. The molecule has 1 aromatic heterocycles. The van der Waals surface area contributed by atoms with Crippen LogP contribution < -0.4 is 10.6 Å². The minimum Gasteiger partial charge on any atom is -0.347 e. The van der Waals surface area contributed by atoms with Gasteiger partial charge in [-0.25, -0.2) is 9.78 Å². The summed E-state index contributed by atoms with van der Waals surface area (Å²) in [6.07, 6.45) is 0. The Balaban J connectivity index is 1.98. The van der Waals surface area contributed by atoms with E-state index in [1.807, 2.05) is 6.07 Å². The number of likely N-dealkylation sites (N-methyl/N-ethyl adjacent to an activating group) is 1. The van der Waals surface area contributed by atoms with Crippen LogP contribution in [0.3, 0.4) is 0 Å². The summed E-state index contributed by atoms with van der Waals surface area (Å²) in [5.74, 6) is -0.157. The lowest BCUT2D eigenvalue weighted by Crippen LogP contribution is -2.45. The second-order valence-electron chi connectivity index (χ2n) is 4.59. The average Bonchev–Trinajstić information content (AvgIpc) is 2.84. The van der Waals surface area contributed by atoms with E-state index in [0.717, 1.165) is 10.2 Å². The van der Waals surface area contributed by atoms with Crippen molar-refractivity contribution in [2.24, 2.45) is 0 Å². The van der Waals surface area contributed by atoms with Crippen molar-refractivity contribution in [2.45, 2.75) is 13.0 Å². The fraction of sp³-hybridized carbons (Fsp3) is 0.308. The molecule has 0 saturated heterocycles. The van der Waals surface area contributed by atoms with E-state index in [-0.39, 0.29) is 5.91 Å². The van der Waals surface area contributed by atoms with Crippen LogP contribution in [0.15, 0.2) is 23.7 Å². The summed E-state index contributed by atoms with van der Waals surface area (Å²) in [6, 6.07) is 4.51. The summed E-state index contributed by atoms with van der Waals surface area (Å²) in [4.78, 5) is 29.1. The Kier molecular flexibility index (Phi) is 4.19. The quantitative estimate of drug-likeness (QED) is 0.907. The van der Waals surface area contributed by atoms with Gasteiger partial charge < -0.3 is 15.5 Å². The maximum absolute atomic E-state index is 11.8. The number of hydrogen-bond acceptors (Lipinski definition) is 4. The number of nitrogens with one attached hydrogen (secondary N) is 2. The lowest BCUT2D eigenvalue weighted by molar-refractivity contribution is -0.130. The van der Waals surface area contributed by atoms with Gasteiger partial charge in [0, 0.05) is 19.8 Å². The van der Waals surface area contributed by atoms with Crippen LogP contribution in [-0.4, -0.2) is 42.0 Å². The van der Waals surface area contributed by atoms with E-state index in [4.69, 9.17) is 0 Å². The fourth-order valence-corrected chi connectivity index (χ4v) is 2.41. The van der Waals surface area contributed by atoms with E-state index < -0.39 is 12.1 Å². The summed E-state index contributed by atoms with van der Waals surface area (Å²) in [5, 5.41) is 5.28. The van der Waals surface area contributed by atoms with Gasteiger partial charge in [-0.1, -0.05) is 0 Å². The molecular formula is C13H16N4O2S. The molecule has 0 bridgehead atoms. The Morgan fingerprint density at radius 2 is 2.10 bits per heavy atom. The number of rotatable bonds is 3. The van der Waals surface area contributed by atoms with Crippen molar-refractivity contribution in [1.29, 1.82) is 0 Å². The van der Waals surface area contributed by atoms with Gasteiger partial charge in [-0.05, 0) is 25.1 Å². The van der Waals surface area contributed by atoms with Gasteiger partial charge in [-0.2, -0.15) is 0 Å². The second kappa shape index (κ2) is 5.87. The molecule has 3 amide bonds. The van der Waals surface area contributed by atoms with Gasteiger partial charge in [0.05, 0.1) is 15.7 Å². The summed E-state index contributed by atoms with van der Waals surface area (Å²) in [5.41, 5.74) is 3.24. The average molecular weight is 292 g/mol. The Bertz CT molecular complexity index is 638. The molecule has 0 saturated carbocycles. The highest BCUT2D eigenvalue weighted by atomic mass is 32.1. The summed E-state index contributed by atoms with van der Waals surface area (Å²) in [6.45, 7) is 1.64. The number of amides is 3. The van der Waals surface area contributed by atoms with Gasteiger partial charge in [-0.3, -0.25) is 4.79 Å². The van der Waals surface area contributed by atoms with Gasteiger partial charge in [0.2, 0.25) is 5.91 Å². The Labute approximate surface area is 120 Å². The molecule has 0 unspecified atom stereocenters. The molecule has 1 heterocycles. The molecule has 6 nitrogen and oxygen atoms in total. The van der Waals surface area contributed by atoms with Crippen LogP contribution in [0.1, 0.15) is 6.92 Å². The van der Waals surface area contributed by atoms with Crippen LogP contribution >= 0.6 is 11.3 Å². The zero-order chi connectivity index (χ0) is 14.7. The van der Waals surface area contributed by atoms with Gasteiger partial charge in [0.1, 0.15) is 6.04 Å². The summed E-state index contributed by atoms with van der Waals surface area (Å²) in [7, 11) is 3.29. The predicted molar refractivity (Wildman–Crippen MR) is 79.9 cm³/mol. The number of fused-ring (bicyclic) bond motifs is 1. The number of thiazole rings is 1. The van der Waals surface area contributed by atoms with E-state index >= 15 is 0 Å². The molecule has 0 radical (unpaired) electrons. The van der Waals surface area contributed by atoms with E-state index in [1.54, 1.807) is 50.0 Å². The first kappa shape index (κ1) is 14.3. The normalized spacial score (nSPS) is 11.9. The highest BCUT2D eigenvalue weighted by Gasteiger charge is 2.17. The molecule has 2 rings (SSSR count). The van der Waals surface area contributed by atoms with Crippen LogP contribution in [0.5, 0.6) is 0 Å². The molecule has 20 heavy (non-hydrogen) atoms. The number of hydrogen-bond donors (Lipinski definition) is 2. The highest BCUT2D eigenvalue weighted by molar-refractivity contribution is 7.16. The van der Waals surface area contributed by atoms with Crippen molar-refractivity contribution in [3.05, 3.63) is 23.7 Å². The Morgan fingerprint density at radius 3 is 2.80 bits per heavy atom. The van der Waals surface area contributed by atoms with Crippen molar-refractivity contribution >= 4 is 39.2 Å². The first-order valence-electron chi connectivity index (χ1n) is 6.09. The van der Waals surface area contributed by atoms with Gasteiger partial charge in [-0.15, -0.1) is 11.3 Å². The third kappa shape index (κ3) is 3.24. The minimum atomic E-state index is -0.576. The van der Waals surface area contributed by atoms with E-state index in [1.165, 1.54) is 4.90 Å². The van der Waals surface area contributed by atoms with Crippen LogP contribution in [-0.2, 0) is 4.79 Å². The summed E-state index contributed by atoms with van der Waals surface area (Å²) >= 11 is 1.54. The molecular weight excluding hydrogens is 276 g/mol. The molecule has 0 fully saturated rings. The molecule has 0 aliphatic heterocycles. The standard InChI is InChI=1S/C13H16N4O2S/c1-8(12(18)17(2)3)15-13(19)16-9-4-5-11-10(6-9)14-7-20-11/h4-8H,1-3H3,(H2,15,16,19)/t8-/m0/s1. The first-order chi connectivity index (χ1) is 9.47. The van der Waals surface area contributed by atoms with Crippen molar-refractivity contribution in [2.75, 3.05) is 19.4 Å². The highest BCUT2D eigenvalue weighted by Crippen LogP contribution is 2.21. The second-order valence-corrected chi connectivity index (χ2v) is 5.47. The number of nitrogens with zero attached hydrogens (tertiary/aromatic N) is 2. The van der Waals surface area contributed by atoms with Crippen LogP contribution in [0, 0.1) is 0 Å². The molecule has 2 aromatic rings. The zero-order valence-corrected chi connectivity index (χ0v) is 12.3. The fourth-order valence-electron chi connectivity index (χ4n) is 1.75. The van der Waals surface area contributed by atoms with E-state index in [9.17, 15) is 9.59 Å². The van der Waals surface area contributed by atoms with Gasteiger partial charge in [0.25, 0.3) is 0 Å². The Hall–Kier alpha value is -2.15. The van der Waals surface area contributed by atoms with E-state index in [0.29, 0.717) is 5.69 Å². The maximum atomic E-state index is 11.8. The number of aromatic nitrogens is 1. The van der Waals surface area contributed by atoms with E-state index in [2.05, 4.69) is 15.6 Å². The van der Waals surface area contributed by atoms with Crippen molar-refractivity contribution in [3.8, 4) is 0 Å². The van der Waals surface area contributed by atoms with Gasteiger partial charge >= 0.3 is 6.03 Å². The molecule has 0 spiro atoms. The van der Waals surface area contributed by atoms with Crippen molar-refractivity contribution in [3.63, 3.8) is 0 Å². The zero-order valence-electron chi connectivity index (χ0n) is 11.5. The minimum absolute atomic E-state index is 0.157. The molecule has 1 atom stereocenters. The maximum Gasteiger partial charge on any atom is 0.319 e. The topological polar surface area (TPSA) is 74.3 Å². The van der Waals surface area contributed by atoms with Crippen LogP contribution in [0.4, 0.5) is 10.5 Å². The third-order valence-corrected chi connectivity index (χ3v) is 3.56. The number of carbonyl (C=O) groups is 2. The smallest absolute Gasteiger partial charge is 0.319 e. The molecule has 7 heteroatoms. The predicted octanol–water partition coefficient (Wildman–Crippen LogP) is 1.89. The molecule has 1 aromatic carbocycles. The van der Waals surface area contributed by atoms with Crippen LogP contribution in [0.25, 0.3) is 10.2 Å². The molecule has 0 aliphatic rings. The van der Waals surface area contributed by atoms with Crippen molar-refractivity contribution in [1.82, 2.24) is 15.2 Å².